The van der Waals surface area contributed by atoms with Crippen molar-refractivity contribution in [2.45, 2.75) is 53.0 Å². The van der Waals surface area contributed by atoms with Crippen molar-refractivity contribution in [3.63, 3.8) is 0 Å². The number of unbranched alkanes of at least 4 members (excludes halogenated alkanes) is 1. The second-order valence-corrected chi connectivity index (χ2v) is 6.20. The lowest BCUT2D eigenvalue weighted by atomic mass is 10.0. The maximum absolute atomic E-state index is 11.8. The van der Waals surface area contributed by atoms with E-state index in [9.17, 15) is 9.59 Å². The number of nitrogens with one attached hydrogen (secondary N) is 1. The van der Waals surface area contributed by atoms with E-state index in [1.165, 1.54) is 0 Å². The Labute approximate surface area is 138 Å². The summed E-state index contributed by atoms with van der Waals surface area (Å²) in [5, 5.41) is 11.6. The summed E-state index contributed by atoms with van der Waals surface area (Å²) < 4.78 is 5.73. The number of benzene rings is 1. The molecule has 0 aliphatic rings. The van der Waals surface area contributed by atoms with Gasteiger partial charge in [0.05, 0.1) is 6.61 Å². The minimum Gasteiger partial charge on any atom is -0.493 e. The summed E-state index contributed by atoms with van der Waals surface area (Å²) in [7, 11) is 0. The van der Waals surface area contributed by atoms with Gasteiger partial charge in [0.25, 0.3) is 0 Å². The molecule has 1 aromatic carbocycles. The van der Waals surface area contributed by atoms with Gasteiger partial charge in [-0.1, -0.05) is 26.0 Å². The lowest BCUT2D eigenvalue weighted by Crippen LogP contribution is -2.44. The van der Waals surface area contributed by atoms with E-state index in [1.807, 2.05) is 32.0 Å². The first-order valence-electron chi connectivity index (χ1n) is 8.03. The summed E-state index contributed by atoms with van der Waals surface area (Å²) in [5.41, 5.74) is 2.24. The van der Waals surface area contributed by atoms with Crippen LogP contribution in [0.4, 0.5) is 0 Å². The maximum Gasteiger partial charge on any atom is 0.326 e. The van der Waals surface area contributed by atoms with Gasteiger partial charge in [-0.2, -0.15) is 0 Å². The van der Waals surface area contributed by atoms with Gasteiger partial charge in [-0.25, -0.2) is 4.79 Å². The van der Waals surface area contributed by atoms with E-state index in [2.05, 4.69) is 5.32 Å². The van der Waals surface area contributed by atoms with Crippen molar-refractivity contribution in [1.82, 2.24) is 5.32 Å². The second kappa shape index (κ2) is 9.18. The van der Waals surface area contributed by atoms with Crippen LogP contribution in [0, 0.1) is 19.8 Å². The van der Waals surface area contributed by atoms with Crippen molar-refractivity contribution in [2.75, 3.05) is 6.61 Å². The van der Waals surface area contributed by atoms with Crippen LogP contribution in [0.25, 0.3) is 0 Å². The first-order chi connectivity index (χ1) is 10.8. The van der Waals surface area contributed by atoms with Crippen molar-refractivity contribution >= 4 is 11.9 Å². The van der Waals surface area contributed by atoms with Crippen molar-refractivity contribution in [1.29, 1.82) is 0 Å². The van der Waals surface area contributed by atoms with Crippen molar-refractivity contribution < 1.29 is 19.4 Å². The molecule has 0 bridgehead atoms. The van der Waals surface area contributed by atoms with E-state index in [1.54, 1.807) is 13.8 Å². The zero-order valence-electron chi connectivity index (χ0n) is 14.4. The molecule has 23 heavy (non-hydrogen) atoms. The molecule has 0 aromatic heterocycles. The highest BCUT2D eigenvalue weighted by atomic mass is 16.5. The highest BCUT2D eigenvalue weighted by Crippen LogP contribution is 2.19. The molecule has 128 valence electrons. The second-order valence-electron chi connectivity index (χ2n) is 6.20. The molecule has 1 rings (SSSR count). The Morgan fingerprint density at radius 1 is 1.22 bits per heavy atom. The average molecular weight is 321 g/mol. The molecule has 5 nitrogen and oxygen atoms in total. The lowest BCUT2D eigenvalue weighted by Gasteiger charge is -2.17. The number of carboxylic acids is 1. The summed E-state index contributed by atoms with van der Waals surface area (Å²) in [6, 6.07) is 5.24. The standard InChI is InChI=1S/C18H27NO4/c1-12(2)17(18(21)22)19-16(20)7-5-6-10-23-15-11-13(3)8-9-14(15)4/h8-9,11-12,17H,5-7,10H2,1-4H3,(H,19,20)(H,21,22). The Morgan fingerprint density at radius 3 is 2.52 bits per heavy atom. The number of hydrogen-bond donors (Lipinski definition) is 2. The molecular formula is C18H27NO4. The Balaban J connectivity index is 2.28. The Kier molecular flexibility index (Phi) is 7.59. The van der Waals surface area contributed by atoms with E-state index in [4.69, 9.17) is 9.84 Å². The highest BCUT2D eigenvalue weighted by Gasteiger charge is 2.22. The molecule has 1 aromatic rings. The third-order valence-electron chi connectivity index (χ3n) is 3.65. The zero-order chi connectivity index (χ0) is 17.4. The van der Waals surface area contributed by atoms with E-state index in [0.29, 0.717) is 19.4 Å². The number of carbonyl (C=O) groups excluding carboxylic acids is 1. The number of aryl methyl sites for hydroxylation is 2. The molecule has 1 atom stereocenters. The smallest absolute Gasteiger partial charge is 0.326 e. The quantitative estimate of drug-likeness (QED) is 0.685. The third kappa shape index (κ3) is 6.72. The monoisotopic (exact) mass is 321 g/mol. The number of amides is 1. The Hall–Kier alpha value is -2.04. The van der Waals surface area contributed by atoms with Crippen LogP contribution >= 0.6 is 0 Å². The van der Waals surface area contributed by atoms with Crippen LogP contribution < -0.4 is 10.1 Å². The summed E-state index contributed by atoms with van der Waals surface area (Å²) in [5.74, 6) is -0.478. The topological polar surface area (TPSA) is 75.6 Å². The molecule has 0 heterocycles. The zero-order valence-corrected chi connectivity index (χ0v) is 14.4. The number of carboxylic acid groups (broad SMARTS) is 1. The van der Waals surface area contributed by atoms with Crippen LogP contribution in [-0.4, -0.2) is 29.6 Å². The van der Waals surface area contributed by atoms with Gasteiger partial charge in [-0.05, 0) is 49.8 Å². The normalized spacial score (nSPS) is 12.0. The molecule has 0 saturated carbocycles. The molecule has 0 fully saturated rings. The van der Waals surface area contributed by atoms with Gasteiger partial charge < -0.3 is 15.2 Å². The largest absolute Gasteiger partial charge is 0.493 e. The Morgan fingerprint density at radius 2 is 1.91 bits per heavy atom. The third-order valence-corrected chi connectivity index (χ3v) is 3.65. The van der Waals surface area contributed by atoms with Gasteiger partial charge in [0.1, 0.15) is 11.8 Å². The SMILES string of the molecule is Cc1ccc(C)c(OCCCCC(=O)NC(C(=O)O)C(C)C)c1. The molecule has 0 saturated heterocycles. The fraction of sp³-hybridized carbons (Fsp3) is 0.556. The molecule has 1 amide bonds. The van der Waals surface area contributed by atoms with Crippen molar-refractivity contribution in [3.05, 3.63) is 29.3 Å². The summed E-state index contributed by atoms with van der Waals surface area (Å²) in [6.45, 7) is 8.11. The van der Waals surface area contributed by atoms with Crippen LogP contribution in [0.1, 0.15) is 44.2 Å². The molecule has 5 heteroatoms. The molecule has 0 spiro atoms. The molecule has 2 N–H and O–H groups in total. The molecule has 0 aliphatic heterocycles. The number of carbonyl (C=O) groups is 2. The van der Waals surface area contributed by atoms with Gasteiger partial charge in [0, 0.05) is 6.42 Å². The van der Waals surface area contributed by atoms with Gasteiger partial charge in [0.15, 0.2) is 0 Å². The number of aliphatic carboxylic acids is 1. The molecule has 1 unspecified atom stereocenters. The van der Waals surface area contributed by atoms with Crippen LogP contribution in [-0.2, 0) is 9.59 Å². The van der Waals surface area contributed by atoms with Gasteiger partial charge in [-0.3, -0.25) is 4.79 Å². The fourth-order valence-electron chi connectivity index (χ4n) is 2.19. The maximum atomic E-state index is 11.8. The molecule has 0 aliphatic carbocycles. The average Bonchev–Trinajstić information content (AvgIpc) is 2.47. The van der Waals surface area contributed by atoms with E-state index in [0.717, 1.165) is 23.3 Å². The number of ether oxygens (including phenoxy) is 1. The number of rotatable bonds is 9. The summed E-state index contributed by atoms with van der Waals surface area (Å²) in [6.07, 6.45) is 1.73. The van der Waals surface area contributed by atoms with E-state index >= 15 is 0 Å². The lowest BCUT2D eigenvalue weighted by molar-refractivity contribution is -0.143. The summed E-state index contributed by atoms with van der Waals surface area (Å²) in [4.78, 5) is 22.8. The fourth-order valence-corrected chi connectivity index (χ4v) is 2.19. The molecular weight excluding hydrogens is 294 g/mol. The van der Waals surface area contributed by atoms with Gasteiger partial charge in [-0.15, -0.1) is 0 Å². The van der Waals surface area contributed by atoms with E-state index < -0.39 is 12.0 Å². The first kappa shape index (κ1) is 19.0. The first-order valence-corrected chi connectivity index (χ1v) is 8.03. The predicted molar refractivity (Wildman–Crippen MR) is 89.7 cm³/mol. The van der Waals surface area contributed by atoms with Gasteiger partial charge in [0.2, 0.25) is 5.91 Å². The predicted octanol–water partition coefficient (Wildman–Crippen LogP) is 3.08. The minimum atomic E-state index is -0.994. The van der Waals surface area contributed by atoms with Crippen molar-refractivity contribution in [3.8, 4) is 5.75 Å². The minimum absolute atomic E-state index is 0.135. The van der Waals surface area contributed by atoms with Crippen LogP contribution in [0.5, 0.6) is 5.75 Å². The van der Waals surface area contributed by atoms with Gasteiger partial charge >= 0.3 is 5.97 Å². The van der Waals surface area contributed by atoms with Crippen LogP contribution in [0.15, 0.2) is 18.2 Å². The van der Waals surface area contributed by atoms with E-state index in [-0.39, 0.29) is 11.8 Å². The number of hydrogen-bond acceptors (Lipinski definition) is 3. The van der Waals surface area contributed by atoms with Crippen LogP contribution in [0.2, 0.25) is 0 Å². The Bertz CT molecular complexity index is 540. The summed E-state index contributed by atoms with van der Waals surface area (Å²) >= 11 is 0. The van der Waals surface area contributed by atoms with Crippen molar-refractivity contribution in [2.24, 2.45) is 5.92 Å². The molecule has 0 radical (unpaired) electrons. The highest BCUT2D eigenvalue weighted by molar-refractivity contribution is 5.83. The van der Waals surface area contributed by atoms with Crippen LogP contribution in [0.3, 0.4) is 0 Å².